The summed E-state index contributed by atoms with van der Waals surface area (Å²) in [6.07, 6.45) is -1.38. The summed E-state index contributed by atoms with van der Waals surface area (Å²) in [5.41, 5.74) is -0.0943. The van der Waals surface area contributed by atoms with Gasteiger partial charge >= 0.3 is 6.09 Å². The number of hydrogen-bond acceptors (Lipinski definition) is 1. The molecular weight excluding hydrogens is 240 g/mol. The SMILES string of the molecule is O=C(O)N(c1ccccc1)c1cccc(F)c1F. The van der Waals surface area contributed by atoms with Crippen molar-refractivity contribution in [1.82, 2.24) is 0 Å². The van der Waals surface area contributed by atoms with Crippen LogP contribution in [0.25, 0.3) is 0 Å². The van der Waals surface area contributed by atoms with Crippen LogP contribution in [0.15, 0.2) is 48.5 Å². The lowest BCUT2D eigenvalue weighted by Gasteiger charge is -2.19. The van der Waals surface area contributed by atoms with Crippen molar-refractivity contribution in [2.24, 2.45) is 0 Å². The molecule has 0 saturated heterocycles. The summed E-state index contributed by atoms with van der Waals surface area (Å²) in [5, 5.41) is 9.13. The lowest BCUT2D eigenvalue weighted by Crippen LogP contribution is -2.24. The third kappa shape index (κ3) is 2.15. The van der Waals surface area contributed by atoms with E-state index in [-0.39, 0.29) is 11.4 Å². The molecule has 0 atom stereocenters. The van der Waals surface area contributed by atoms with Gasteiger partial charge in [0.15, 0.2) is 11.6 Å². The van der Waals surface area contributed by atoms with Crippen LogP contribution in [0, 0.1) is 11.6 Å². The van der Waals surface area contributed by atoms with Crippen molar-refractivity contribution in [3.05, 3.63) is 60.2 Å². The highest BCUT2D eigenvalue weighted by Gasteiger charge is 2.21. The molecule has 5 heteroatoms. The van der Waals surface area contributed by atoms with Crippen LogP contribution in [0.4, 0.5) is 25.0 Å². The van der Waals surface area contributed by atoms with E-state index in [2.05, 4.69) is 0 Å². The fourth-order valence-electron chi connectivity index (χ4n) is 1.59. The van der Waals surface area contributed by atoms with Crippen LogP contribution in [0.5, 0.6) is 0 Å². The maximum absolute atomic E-state index is 13.6. The maximum atomic E-state index is 13.6. The van der Waals surface area contributed by atoms with Crippen molar-refractivity contribution >= 4 is 17.5 Å². The summed E-state index contributed by atoms with van der Waals surface area (Å²) in [5.74, 6) is -2.28. The van der Waals surface area contributed by atoms with Gasteiger partial charge in [0.1, 0.15) is 0 Å². The summed E-state index contributed by atoms with van der Waals surface area (Å²) in [6.45, 7) is 0. The molecule has 2 aromatic carbocycles. The van der Waals surface area contributed by atoms with Crippen LogP contribution < -0.4 is 4.90 Å². The quantitative estimate of drug-likeness (QED) is 0.879. The monoisotopic (exact) mass is 249 g/mol. The normalized spacial score (nSPS) is 10.1. The van der Waals surface area contributed by atoms with Crippen molar-refractivity contribution < 1.29 is 18.7 Å². The standard InChI is InChI=1S/C13H9F2NO2/c14-10-7-4-8-11(12(10)15)16(13(17)18)9-5-2-1-3-6-9/h1-8H,(H,17,18). The summed E-state index contributed by atoms with van der Waals surface area (Å²) in [6, 6.07) is 11.3. The van der Waals surface area contributed by atoms with Gasteiger partial charge in [-0.3, -0.25) is 0 Å². The van der Waals surface area contributed by atoms with Gasteiger partial charge < -0.3 is 5.11 Å². The van der Waals surface area contributed by atoms with Crippen molar-refractivity contribution in [1.29, 1.82) is 0 Å². The zero-order valence-corrected chi connectivity index (χ0v) is 9.18. The van der Waals surface area contributed by atoms with Gasteiger partial charge in [0.25, 0.3) is 0 Å². The van der Waals surface area contributed by atoms with E-state index in [9.17, 15) is 13.6 Å². The van der Waals surface area contributed by atoms with Gasteiger partial charge in [0, 0.05) is 0 Å². The molecule has 18 heavy (non-hydrogen) atoms. The number of anilines is 2. The second-order valence-corrected chi connectivity index (χ2v) is 3.53. The van der Waals surface area contributed by atoms with Gasteiger partial charge in [0.05, 0.1) is 11.4 Å². The second-order valence-electron chi connectivity index (χ2n) is 3.53. The molecule has 0 aliphatic rings. The molecule has 0 radical (unpaired) electrons. The molecule has 0 aromatic heterocycles. The Hall–Kier alpha value is -2.43. The minimum atomic E-state index is -1.38. The molecule has 0 saturated carbocycles. The minimum absolute atomic E-state index is 0.245. The summed E-state index contributed by atoms with van der Waals surface area (Å²) >= 11 is 0. The first-order valence-corrected chi connectivity index (χ1v) is 5.13. The molecule has 3 nitrogen and oxygen atoms in total. The molecule has 1 amide bonds. The molecule has 0 bridgehead atoms. The zero-order chi connectivity index (χ0) is 13.1. The molecule has 0 fully saturated rings. The van der Waals surface area contributed by atoms with Crippen molar-refractivity contribution in [3.63, 3.8) is 0 Å². The molecule has 0 aliphatic heterocycles. The lowest BCUT2D eigenvalue weighted by atomic mass is 10.2. The van der Waals surface area contributed by atoms with Gasteiger partial charge in [0.2, 0.25) is 0 Å². The predicted octanol–water partition coefficient (Wildman–Crippen LogP) is 3.78. The van der Waals surface area contributed by atoms with Gasteiger partial charge in [-0.15, -0.1) is 0 Å². The molecule has 0 spiro atoms. The highest BCUT2D eigenvalue weighted by molar-refractivity contribution is 5.94. The van der Waals surface area contributed by atoms with Gasteiger partial charge in [-0.2, -0.15) is 0 Å². The fraction of sp³-hybridized carbons (Fsp3) is 0. The highest BCUT2D eigenvalue weighted by atomic mass is 19.2. The summed E-state index contributed by atoms with van der Waals surface area (Å²) in [7, 11) is 0. The third-order valence-electron chi connectivity index (χ3n) is 2.38. The van der Waals surface area contributed by atoms with E-state index in [4.69, 9.17) is 5.11 Å². The minimum Gasteiger partial charge on any atom is -0.464 e. The number of halogens is 2. The van der Waals surface area contributed by atoms with Crippen LogP contribution in [0.1, 0.15) is 0 Å². The Morgan fingerprint density at radius 2 is 1.67 bits per heavy atom. The Labute approximate surface area is 102 Å². The largest absolute Gasteiger partial charge is 0.464 e. The average Bonchev–Trinajstić information content (AvgIpc) is 2.36. The van der Waals surface area contributed by atoms with E-state index in [1.54, 1.807) is 18.2 Å². The van der Waals surface area contributed by atoms with Crippen molar-refractivity contribution in [2.75, 3.05) is 4.90 Å². The molecule has 2 aromatic rings. The number of rotatable bonds is 2. The second kappa shape index (κ2) is 4.83. The maximum Gasteiger partial charge on any atom is 0.416 e. The number of nitrogens with zero attached hydrogens (tertiary/aromatic N) is 1. The molecule has 0 heterocycles. The summed E-state index contributed by atoms with van der Waals surface area (Å²) < 4.78 is 26.7. The van der Waals surface area contributed by atoms with Crippen LogP contribution in [0.3, 0.4) is 0 Å². The van der Waals surface area contributed by atoms with Crippen LogP contribution in [-0.4, -0.2) is 11.2 Å². The van der Waals surface area contributed by atoms with E-state index < -0.39 is 17.7 Å². The lowest BCUT2D eigenvalue weighted by molar-refractivity contribution is 0.204. The van der Waals surface area contributed by atoms with E-state index in [1.807, 2.05) is 0 Å². The average molecular weight is 249 g/mol. The highest BCUT2D eigenvalue weighted by Crippen LogP contribution is 2.28. The molecule has 0 unspecified atom stereocenters. The summed E-state index contributed by atoms with van der Waals surface area (Å²) in [4.78, 5) is 11.9. The number of amides is 1. The van der Waals surface area contributed by atoms with Gasteiger partial charge in [-0.1, -0.05) is 24.3 Å². The Balaban J connectivity index is 2.56. The van der Waals surface area contributed by atoms with E-state index in [1.165, 1.54) is 24.3 Å². The fourth-order valence-corrected chi connectivity index (χ4v) is 1.59. The van der Waals surface area contributed by atoms with Crippen molar-refractivity contribution in [2.45, 2.75) is 0 Å². The van der Waals surface area contributed by atoms with Gasteiger partial charge in [-0.05, 0) is 24.3 Å². The molecular formula is C13H9F2NO2. The number of hydrogen-bond donors (Lipinski definition) is 1. The molecule has 2 rings (SSSR count). The number of carboxylic acid groups (broad SMARTS) is 1. The van der Waals surface area contributed by atoms with Crippen LogP contribution >= 0.6 is 0 Å². The van der Waals surface area contributed by atoms with Crippen molar-refractivity contribution in [3.8, 4) is 0 Å². The Morgan fingerprint density at radius 3 is 2.28 bits per heavy atom. The predicted molar refractivity (Wildman–Crippen MR) is 63.0 cm³/mol. The smallest absolute Gasteiger partial charge is 0.416 e. The van der Waals surface area contributed by atoms with E-state index in [0.717, 1.165) is 6.07 Å². The first kappa shape index (κ1) is 12.0. The first-order valence-electron chi connectivity index (χ1n) is 5.13. The molecule has 1 N–H and O–H groups in total. The number of carbonyl (C=O) groups is 1. The zero-order valence-electron chi connectivity index (χ0n) is 9.18. The Bertz CT molecular complexity index is 572. The van der Waals surface area contributed by atoms with E-state index >= 15 is 0 Å². The molecule has 0 aliphatic carbocycles. The Kier molecular flexibility index (Phi) is 3.23. The van der Waals surface area contributed by atoms with E-state index in [0.29, 0.717) is 4.90 Å². The molecule has 92 valence electrons. The van der Waals surface area contributed by atoms with Crippen LogP contribution in [-0.2, 0) is 0 Å². The first-order chi connectivity index (χ1) is 8.61. The third-order valence-corrected chi connectivity index (χ3v) is 2.38. The topological polar surface area (TPSA) is 40.5 Å². The number of benzene rings is 2. The van der Waals surface area contributed by atoms with Gasteiger partial charge in [-0.25, -0.2) is 18.5 Å². The number of para-hydroxylation sites is 1. The Morgan fingerprint density at radius 1 is 1.00 bits per heavy atom. The van der Waals surface area contributed by atoms with Crippen LogP contribution in [0.2, 0.25) is 0 Å².